The highest BCUT2D eigenvalue weighted by Gasteiger charge is 2.16. The fourth-order valence-electron chi connectivity index (χ4n) is 1.18. The van der Waals surface area contributed by atoms with Crippen molar-refractivity contribution in [3.05, 3.63) is 48.2 Å². The number of amides is 1. The third-order valence-corrected chi connectivity index (χ3v) is 1.91. The summed E-state index contributed by atoms with van der Waals surface area (Å²) in [6, 6.07) is 8.38. The summed E-state index contributed by atoms with van der Waals surface area (Å²) in [4.78, 5) is 11.0. The van der Waals surface area contributed by atoms with E-state index in [-0.39, 0.29) is 5.76 Å². The number of carbonyl (C=O) groups is 1. The molecular formula is C11H13NO3. The number of methoxy groups -OCH3 is 1. The first-order chi connectivity index (χ1) is 7.15. The predicted molar refractivity (Wildman–Crippen MR) is 56.5 cm³/mol. The smallest absolute Gasteiger partial charge is 0.407 e. The maximum Gasteiger partial charge on any atom is 0.407 e. The molecule has 0 saturated heterocycles. The van der Waals surface area contributed by atoms with E-state index in [0.29, 0.717) is 0 Å². The fourth-order valence-corrected chi connectivity index (χ4v) is 1.18. The Hall–Kier alpha value is -1.97. The molecule has 0 unspecified atom stereocenters. The van der Waals surface area contributed by atoms with Crippen LogP contribution in [-0.2, 0) is 4.74 Å². The minimum absolute atomic E-state index is 0.133. The van der Waals surface area contributed by atoms with Gasteiger partial charge in [-0.25, -0.2) is 4.79 Å². The molecule has 15 heavy (non-hydrogen) atoms. The molecule has 2 N–H and O–H groups in total. The molecule has 4 heteroatoms. The van der Waals surface area contributed by atoms with Crippen LogP contribution in [0, 0.1) is 0 Å². The van der Waals surface area contributed by atoms with E-state index in [1.165, 1.54) is 7.11 Å². The fraction of sp³-hybridized carbons (Fsp3) is 0.182. The Morgan fingerprint density at radius 3 is 2.53 bits per heavy atom. The Balaban J connectivity index is 2.84. The highest BCUT2D eigenvalue weighted by Crippen LogP contribution is 2.18. The normalized spacial score (nSPS) is 11.5. The lowest BCUT2D eigenvalue weighted by Gasteiger charge is -2.16. The summed E-state index contributed by atoms with van der Waals surface area (Å²) in [6.45, 7) is 3.40. The van der Waals surface area contributed by atoms with Gasteiger partial charge in [-0.05, 0) is 5.56 Å². The first-order valence-electron chi connectivity index (χ1n) is 4.42. The molecular weight excluding hydrogens is 194 g/mol. The summed E-state index contributed by atoms with van der Waals surface area (Å²) < 4.78 is 4.45. The number of carbonyl (C=O) groups excluding carboxylic acids is 1. The number of aliphatic hydroxyl groups excluding tert-OH is 1. The molecule has 80 valence electrons. The first-order valence-corrected chi connectivity index (χ1v) is 4.42. The lowest BCUT2D eigenvalue weighted by molar-refractivity contribution is 0.165. The highest BCUT2D eigenvalue weighted by molar-refractivity contribution is 5.68. The largest absolute Gasteiger partial charge is 0.510 e. The van der Waals surface area contributed by atoms with Crippen molar-refractivity contribution >= 4 is 6.09 Å². The van der Waals surface area contributed by atoms with Crippen LogP contribution in [0.15, 0.2) is 42.7 Å². The molecule has 0 spiro atoms. The number of ether oxygens (including phenoxy) is 1. The summed E-state index contributed by atoms with van der Waals surface area (Å²) in [5.41, 5.74) is 0.746. The third-order valence-electron chi connectivity index (χ3n) is 1.91. The number of hydrogen-bond acceptors (Lipinski definition) is 3. The summed E-state index contributed by atoms with van der Waals surface area (Å²) in [5.74, 6) is -0.133. The molecule has 1 rings (SSSR count). The molecule has 0 radical (unpaired) electrons. The van der Waals surface area contributed by atoms with Gasteiger partial charge in [0.25, 0.3) is 0 Å². The minimum Gasteiger partial charge on any atom is -0.510 e. The van der Waals surface area contributed by atoms with Gasteiger partial charge in [0.2, 0.25) is 0 Å². The van der Waals surface area contributed by atoms with Gasteiger partial charge in [-0.2, -0.15) is 0 Å². The van der Waals surface area contributed by atoms with Crippen molar-refractivity contribution in [3.63, 3.8) is 0 Å². The van der Waals surface area contributed by atoms with E-state index in [9.17, 15) is 9.90 Å². The van der Waals surface area contributed by atoms with Crippen molar-refractivity contribution in [2.24, 2.45) is 0 Å². The van der Waals surface area contributed by atoms with Crippen molar-refractivity contribution < 1.29 is 14.6 Å². The van der Waals surface area contributed by atoms with Gasteiger partial charge in [0.15, 0.2) is 0 Å². The zero-order valence-electron chi connectivity index (χ0n) is 8.43. The molecule has 1 amide bonds. The second kappa shape index (κ2) is 5.05. The summed E-state index contributed by atoms with van der Waals surface area (Å²) >= 11 is 0. The van der Waals surface area contributed by atoms with Gasteiger partial charge in [-0.3, -0.25) is 0 Å². The molecule has 0 aliphatic heterocycles. The van der Waals surface area contributed by atoms with E-state index in [0.717, 1.165) is 5.56 Å². The Labute approximate surface area is 88.2 Å². The van der Waals surface area contributed by atoms with Gasteiger partial charge in [-0.15, -0.1) is 0 Å². The number of rotatable bonds is 3. The summed E-state index contributed by atoms with van der Waals surface area (Å²) in [7, 11) is 1.26. The molecule has 4 nitrogen and oxygen atoms in total. The lowest BCUT2D eigenvalue weighted by Crippen LogP contribution is -2.29. The van der Waals surface area contributed by atoms with Crippen molar-refractivity contribution in [3.8, 4) is 0 Å². The third kappa shape index (κ3) is 3.02. The van der Waals surface area contributed by atoms with E-state index in [1.54, 1.807) is 12.1 Å². The van der Waals surface area contributed by atoms with Gasteiger partial charge in [-0.1, -0.05) is 36.9 Å². The van der Waals surface area contributed by atoms with Crippen LogP contribution in [0.3, 0.4) is 0 Å². The zero-order chi connectivity index (χ0) is 11.3. The van der Waals surface area contributed by atoms with Gasteiger partial charge in [0, 0.05) is 0 Å². The number of aliphatic hydroxyl groups is 1. The molecule has 0 aliphatic carbocycles. The highest BCUT2D eigenvalue weighted by atomic mass is 16.5. The van der Waals surface area contributed by atoms with Crippen LogP contribution in [0.4, 0.5) is 4.79 Å². The minimum atomic E-state index is -0.640. The molecule has 1 aromatic rings. The average Bonchev–Trinajstić information content (AvgIpc) is 2.26. The molecule has 1 atom stereocenters. The van der Waals surface area contributed by atoms with E-state index < -0.39 is 12.1 Å². The maximum atomic E-state index is 11.0. The molecule has 0 saturated carbocycles. The van der Waals surface area contributed by atoms with Crippen LogP contribution in [0.25, 0.3) is 0 Å². The van der Waals surface area contributed by atoms with Gasteiger partial charge in [0.05, 0.1) is 7.11 Å². The summed E-state index contributed by atoms with van der Waals surface area (Å²) in [5, 5.41) is 11.8. The second-order valence-corrected chi connectivity index (χ2v) is 2.97. The lowest BCUT2D eigenvalue weighted by atomic mass is 10.1. The van der Waals surface area contributed by atoms with Gasteiger partial charge >= 0.3 is 6.09 Å². The van der Waals surface area contributed by atoms with Gasteiger partial charge < -0.3 is 15.2 Å². The Kier molecular flexibility index (Phi) is 3.74. The maximum absolute atomic E-state index is 11.0. The number of alkyl carbamates (subject to hydrolysis) is 1. The van der Waals surface area contributed by atoms with E-state index in [1.807, 2.05) is 18.2 Å². The SMILES string of the molecule is C=C(O)[C@H](NC(=O)OC)c1ccccc1. The Morgan fingerprint density at radius 1 is 1.47 bits per heavy atom. The molecule has 0 aliphatic rings. The van der Waals surface area contributed by atoms with E-state index >= 15 is 0 Å². The van der Waals surface area contributed by atoms with Crippen LogP contribution < -0.4 is 5.32 Å². The van der Waals surface area contributed by atoms with Crippen LogP contribution in [0.2, 0.25) is 0 Å². The molecule has 0 aromatic heterocycles. The van der Waals surface area contributed by atoms with Crippen LogP contribution in [0.1, 0.15) is 11.6 Å². The zero-order valence-corrected chi connectivity index (χ0v) is 8.43. The quantitative estimate of drug-likeness (QED) is 0.746. The number of benzene rings is 1. The van der Waals surface area contributed by atoms with Crippen molar-refractivity contribution in [1.29, 1.82) is 0 Å². The molecule has 0 heterocycles. The standard InChI is InChI=1S/C11H13NO3/c1-8(13)10(12-11(14)15-2)9-6-4-3-5-7-9/h3-7,10,13H,1H2,2H3,(H,12,14)/t10-/m0/s1. The molecule has 0 bridgehead atoms. The second-order valence-electron chi connectivity index (χ2n) is 2.97. The van der Waals surface area contributed by atoms with Crippen LogP contribution in [0.5, 0.6) is 0 Å². The topological polar surface area (TPSA) is 58.6 Å². The van der Waals surface area contributed by atoms with Crippen molar-refractivity contribution in [2.45, 2.75) is 6.04 Å². The average molecular weight is 207 g/mol. The van der Waals surface area contributed by atoms with Crippen LogP contribution >= 0.6 is 0 Å². The monoisotopic (exact) mass is 207 g/mol. The van der Waals surface area contributed by atoms with Gasteiger partial charge in [0.1, 0.15) is 11.8 Å². The number of hydrogen-bond donors (Lipinski definition) is 2. The molecule has 1 aromatic carbocycles. The predicted octanol–water partition coefficient (Wildman–Crippen LogP) is 2.16. The Morgan fingerprint density at radius 2 is 2.07 bits per heavy atom. The molecule has 0 fully saturated rings. The number of nitrogens with one attached hydrogen (secondary N) is 1. The van der Waals surface area contributed by atoms with Crippen molar-refractivity contribution in [2.75, 3.05) is 7.11 Å². The van der Waals surface area contributed by atoms with E-state index in [4.69, 9.17) is 0 Å². The van der Waals surface area contributed by atoms with Crippen molar-refractivity contribution in [1.82, 2.24) is 5.32 Å². The first kappa shape index (κ1) is 11.1. The summed E-state index contributed by atoms with van der Waals surface area (Å²) in [6.07, 6.45) is -0.612. The van der Waals surface area contributed by atoms with Crippen LogP contribution in [-0.4, -0.2) is 18.3 Å². The van der Waals surface area contributed by atoms with E-state index in [2.05, 4.69) is 16.6 Å². The Bertz CT molecular complexity index is 348.